The Balaban J connectivity index is 1.72. The van der Waals surface area contributed by atoms with Crippen molar-refractivity contribution in [1.29, 1.82) is 0 Å². The number of nitrogens with zero attached hydrogens (tertiary/aromatic N) is 1. The molecular formula is C32H41IN2O10. The highest BCUT2D eigenvalue weighted by Gasteiger charge is 2.43. The second-order valence-electron chi connectivity index (χ2n) is 10.7. The van der Waals surface area contributed by atoms with Gasteiger partial charge in [-0.15, -0.1) is 0 Å². The Bertz CT molecular complexity index is 1360. The predicted molar refractivity (Wildman–Crippen MR) is 173 cm³/mol. The minimum atomic E-state index is -1.24. The quantitative estimate of drug-likeness (QED) is 0.212. The molecule has 13 heteroatoms. The summed E-state index contributed by atoms with van der Waals surface area (Å²) in [7, 11) is 4.61. The normalized spacial score (nSPS) is 21.1. The molecular weight excluding hydrogens is 699 g/mol. The molecule has 12 nitrogen and oxygen atoms in total. The van der Waals surface area contributed by atoms with E-state index >= 15 is 0 Å². The van der Waals surface area contributed by atoms with Crippen molar-refractivity contribution < 1.29 is 48.6 Å². The summed E-state index contributed by atoms with van der Waals surface area (Å²) >= 11 is 2.06. The molecule has 1 heterocycles. The van der Waals surface area contributed by atoms with Crippen LogP contribution in [0.3, 0.4) is 0 Å². The Morgan fingerprint density at radius 1 is 1.09 bits per heavy atom. The summed E-state index contributed by atoms with van der Waals surface area (Å²) in [5.74, 6) is 1.21. The number of aliphatic hydroxyl groups is 3. The van der Waals surface area contributed by atoms with Crippen LogP contribution in [0.1, 0.15) is 30.4 Å². The first-order valence-corrected chi connectivity index (χ1v) is 15.9. The predicted octanol–water partition coefficient (Wildman–Crippen LogP) is 1.98. The highest BCUT2D eigenvalue weighted by atomic mass is 127. The number of rotatable bonds is 14. The summed E-state index contributed by atoms with van der Waals surface area (Å²) in [6, 6.07) is 7.94. The van der Waals surface area contributed by atoms with Gasteiger partial charge in [0.25, 0.3) is 5.91 Å². The topological polar surface area (TPSA) is 156 Å². The van der Waals surface area contributed by atoms with Crippen molar-refractivity contribution in [2.24, 2.45) is 0 Å². The van der Waals surface area contributed by atoms with Crippen molar-refractivity contribution in [2.45, 2.75) is 56.6 Å². The van der Waals surface area contributed by atoms with Gasteiger partial charge in [0.1, 0.15) is 29.8 Å². The number of carbonyl (C=O) groups is 2. The average Bonchev–Trinajstić information content (AvgIpc) is 3.60. The minimum absolute atomic E-state index is 0.0391. The van der Waals surface area contributed by atoms with Crippen LogP contribution >= 0.6 is 22.6 Å². The number of nitrogens with one attached hydrogen (secondary N) is 1. The third-order valence-electron chi connectivity index (χ3n) is 7.94. The average molecular weight is 741 g/mol. The first kappa shape index (κ1) is 34.8. The standard InChI is InChI=1S/C32H41IN2O10/c1-41-22-6-7-25(42-2)20(15-22)8-10-35(32(40)26-5-4-12-44-26)24-16-21(31(39)34-9-11-36)17-27(29(24)38)45-30-23(33)13-19(18-37)14-28(30)43-3/h6-7,13-15,17,24,26-27,29,36-38H,4-5,8-12,16,18H2,1-3H3,(H,34,39). The van der Waals surface area contributed by atoms with E-state index in [4.69, 9.17) is 23.7 Å². The van der Waals surface area contributed by atoms with Crippen LogP contribution in [0.5, 0.6) is 23.0 Å². The van der Waals surface area contributed by atoms with Crippen LogP contribution < -0.4 is 24.3 Å². The highest BCUT2D eigenvalue weighted by molar-refractivity contribution is 14.1. The van der Waals surface area contributed by atoms with Gasteiger partial charge in [-0.2, -0.15) is 0 Å². The van der Waals surface area contributed by atoms with Gasteiger partial charge in [-0.05, 0) is 89.4 Å². The zero-order chi connectivity index (χ0) is 32.5. The van der Waals surface area contributed by atoms with Crippen LogP contribution in [0, 0.1) is 3.57 Å². The lowest BCUT2D eigenvalue weighted by atomic mass is 9.87. The molecule has 4 atom stereocenters. The first-order chi connectivity index (χ1) is 21.7. The molecule has 246 valence electrons. The minimum Gasteiger partial charge on any atom is -0.497 e. The van der Waals surface area contributed by atoms with Gasteiger partial charge in [0.15, 0.2) is 11.5 Å². The maximum absolute atomic E-state index is 14.0. The molecule has 2 amide bonds. The Hall–Kier alpha value is -3.11. The summed E-state index contributed by atoms with van der Waals surface area (Å²) < 4.78 is 29.2. The van der Waals surface area contributed by atoms with Crippen molar-refractivity contribution in [3.63, 3.8) is 0 Å². The lowest BCUT2D eigenvalue weighted by molar-refractivity contribution is -0.148. The lowest BCUT2D eigenvalue weighted by Gasteiger charge is -2.41. The van der Waals surface area contributed by atoms with Gasteiger partial charge in [-0.3, -0.25) is 9.59 Å². The number of amides is 2. The number of hydrogen-bond acceptors (Lipinski definition) is 10. The van der Waals surface area contributed by atoms with E-state index in [9.17, 15) is 24.9 Å². The molecule has 45 heavy (non-hydrogen) atoms. The molecule has 2 aromatic carbocycles. The highest BCUT2D eigenvalue weighted by Crippen LogP contribution is 2.37. The Kier molecular flexibility index (Phi) is 12.7. The van der Waals surface area contributed by atoms with Crippen molar-refractivity contribution in [3.05, 3.63) is 56.7 Å². The van der Waals surface area contributed by atoms with Crippen LogP contribution in [-0.4, -0.2) is 104 Å². The van der Waals surface area contributed by atoms with Gasteiger partial charge in [0, 0.05) is 31.7 Å². The third-order valence-corrected chi connectivity index (χ3v) is 8.74. The fraction of sp³-hybridized carbons (Fsp3) is 0.500. The molecule has 1 aliphatic carbocycles. The smallest absolute Gasteiger partial charge is 0.252 e. The number of benzene rings is 2. The van der Waals surface area contributed by atoms with Crippen LogP contribution in [-0.2, 0) is 27.4 Å². The maximum Gasteiger partial charge on any atom is 0.252 e. The summed E-state index contributed by atoms with van der Waals surface area (Å²) in [6.07, 6.45) is 0.289. The van der Waals surface area contributed by atoms with Gasteiger partial charge < -0.3 is 49.2 Å². The van der Waals surface area contributed by atoms with Gasteiger partial charge >= 0.3 is 0 Å². The number of aliphatic hydroxyl groups excluding tert-OH is 3. The van der Waals surface area contributed by atoms with Crippen molar-refractivity contribution in [2.75, 3.05) is 47.6 Å². The third kappa shape index (κ3) is 8.38. The van der Waals surface area contributed by atoms with E-state index in [0.717, 1.165) is 12.0 Å². The molecule has 0 radical (unpaired) electrons. The second kappa shape index (κ2) is 16.5. The molecule has 1 fully saturated rings. The summed E-state index contributed by atoms with van der Waals surface area (Å²) in [6.45, 7) is 0.243. The van der Waals surface area contributed by atoms with E-state index < -0.39 is 30.3 Å². The lowest BCUT2D eigenvalue weighted by Crippen LogP contribution is -2.57. The first-order valence-electron chi connectivity index (χ1n) is 14.8. The van der Waals surface area contributed by atoms with Crippen LogP contribution in [0.25, 0.3) is 0 Å². The fourth-order valence-corrected chi connectivity index (χ4v) is 6.40. The molecule has 4 rings (SSSR count). The molecule has 2 aromatic rings. The molecule has 1 aliphatic heterocycles. The van der Waals surface area contributed by atoms with Crippen LogP contribution in [0.4, 0.5) is 0 Å². The number of halogens is 1. The Labute approximate surface area is 276 Å². The Morgan fingerprint density at radius 2 is 1.87 bits per heavy atom. The van der Waals surface area contributed by atoms with Crippen LogP contribution in [0.2, 0.25) is 0 Å². The summed E-state index contributed by atoms with van der Waals surface area (Å²) in [5.41, 5.74) is 1.72. The zero-order valence-electron chi connectivity index (χ0n) is 25.7. The SMILES string of the molecule is COc1ccc(OC)c(CCN(C(=O)C2CCCO2)C2CC(C(=O)NCCO)=CC(Oc3c(I)cc(CO)cc3OC)C2O)c1. The zero-order valence-corrected chi connectivity index (χ0v) is 27.8. The maximum atomic E-state index is 14.0. The Morgan fingerprint density at radius 3 is 2.51 bits per heavy atom. The van der Waals surface area contributed by atoms with E-state index in [2.05, 4.69) is 27.9 Å². The van der Waals surface area contributed by atoms with E-state index in [1.54, 1.807) is 49.5 Å². The molecule has 4 N–H and O–H groups in total. The molecule has 4 unspecified atom stereocenters. The van der Waals surface area contributed by atoms with Crippen molar-refractivity contribution >= 4 is 34.4 Å². The second-order valence-corrected chi connectivity index (χ2v) is 11.9. The van der Waals surface area contributed by atoms with E-state index in [-0.39, 0.29) is 38.6 Å². The van der Waals surface area contributed by atoms with Gasteiger partial charge in [-0.1, -0.05) is 0 Å². The molecule has 0 aromatic heterocycles. The summed E-state index contributed by atoms with van der Waals surface area (Å²) in [4.78, 5) is 28.8. The van der Waals surface area contributed by atoms with E-state index in [0.29, 0.717) is 57.2 Å². The monoisotopic (exact) mass is 740 g/mol. The number of carbonyl (C=O) groups excluding carboxylic acids is 2. The van der Waals surface area contributed by atoms with Crippen molar-refractivity contribution in [3.8, 4) is 23.0 Å². The number of ether oxygens (including phenoxy) is 5. The molecule has 0 bridgehead atoms. The van der Waals surface area contributed by atoms with Crippen molar-refractivity contribution in [1.82, 2.24) is 10.2 Å². The number of methoxy groups -OCH3 is 3. The largest absolute Gasteiger partial charge is 0.497 e. The van der Waals surface area contributed by atoms with E-state index in [1.165, 1.54) is 7.11 Å². The number of hydrogen-bond donors (Lipinski definition) is 4. The molecule has 0 spiro atoms. The van der Waals surface area contributed by atoms with Gasteiger partial charge in [0.05, 0.1) is 44.2 Å². The molecule has 0 saturated carbocycles. The summed E-state index contributed by atoms with van der Waals surface area (Å²) in [5, 5.41) is 33.5. The fourth-order valence-electron chi connectivity index (χ4n) is 5.61. The van der Waals surface area contributed by atoms with Gasteiger partial charge in [0.2, 0.25) is 5.91 Å². The van der Waals surface area contributed by atoms with E-state index in [1.807, 2.05) is 6.07 Å². The van der Waals surface area contributed by atoms with Crippen LogP contribution in [0.15, 0.2) is 42.0 Å². The molecule has 2 aliphatic rings. The molecule has 1 saturated heterocycles. The van der Waals surface area contributed by atoms with Gasteiger partial charge in [-0.25, -0.2) is 0 Å².